The maximum absolute atomic E-state index is 12.9. The smallest absolute Gasteiger partial charge is 0.416 e. The van der Waals surface area contributed by atoms with Crippen LogP contribution in [0.4, 0.5) is 13.2 Å². The van der Waals surface area contributed by atoms with Crippen LogP contribution in [-0.2, 0) is 11.0 Å². The highest BCUT2D eigenvalue weighted by Gasteiger charge is 2.31. The number of H-pyrrole nitrogens is 1. The number of aromatic nitrogens is 3. The van der Waals surface area contributed by atoms with Crippen molar-refractivity contribution in [3.8, 4) is 11.3 Å². The van der Waals surface area contributed by atoms with Gasteiger partial charge in [0, 0.05) is 11.6 Å². The average Bonchev–Trinajstić information content (AvgIpc) is 3.07. The molecule has 1 aromatic carbocycles. The number of pyridine rings is 1. The molecule has 1 amide bonds. The molecule has 8 nitrogen and oxygen atoms in total. The Morgan fingerprint density at radius 2 is 1.96 bits per heavy atom. The van der Waals surface area contributed by atoms with E-state index >= 15 is 0 Å². The van der Waals surface area contributed by atoms with Crippen molar-refractivity contribution in [2.75, 3.05) is 6.54 Å². The van der Waals surface area contributed by atoms with Gasteiger partial charge in [-0.15, -0.1) is 12.4 Å². The van der Waals surface area contributed by atoms with Gasteiger partial charge in [0.2, 0.25) is 0 Å². The van der Waals surface area contributed by atoms with E-state index in [4.69, 9.17) is 5.11 Å². The molecule has 2 heterocycles. The summed E-state index contributed by atoms with van der Waals surface area (Å²) >= 11 is 0. The normalized spacial score (nSPS) is 11.1. The number of nitrogens with one attached hydrogen (secondary N) is 2. The number of fused-ring (bicyclic) bond motifs is 1. The first-order valence-electron chi connectivity index (χ1n) is 7.45. The second kappa shape index (κ2) is 7.72. The van der Waals surface area contributed by atoms with Crippen molar-refractivity contribution in [2.24, 2.45) is 0 Å². The predicted molar refractivity (Wildman–Crippen MR) is 93.5 cm³/mol. The number of nitrogens with zero attached hydrogens (tertiary/aromatic N) is 2. The molecular formula is C16H12ClF3N4O4. The van der Waals surface area contributed by atoms with Gasteiger partial charge in [-0.3, -0.25) is 19.5 Å². The van der Waals surface area contributed by atoms with Gasteiger partial charge in [-0.1, -0.05) is 12.1 Å². The summed E-state index contributed by atoms with van der Waals surface area (Å²) in [5.74, 6) is -2.26. The third-order valence-corrected chi connectivity index (χ3v) is 3.68. The predicted octanol–water partition coefficient (Wildman–Crippen LogP) is 1.94. The fourth-order valence-electron chi connectivity index (χ4n) is 2.52. The van der Waals surface area contributed by atoms with E-state index in [1.165, 1.54) is 16.6 Å². The van der Waals surface area contributed by atoms with E-state index in [1.54, 1.807) is 0 Å². The van der Waals surface area contributed by atoms with Crippen LogP contribution < -0.4 is 10.7 Å². The summed E-state index contributed by atoms with van der Waals surface area (Å²) in [7, 11) is 0. The van der Waals surface area contributed by atoms with Crippen LogP contribution in [-0.4, -0.2) is 38.1 Å². The van der Waals surface area contributed by atoms with Crippen molar-refractivity contribution in [3.63, 3.8) is 0 Å². The number of carboxylic acids is 1. The minimum atomic E-state index is -4.56. The molecule has 0 fully saturated rings. The van der Waals surface area contributed by atoms with Crippen molar-refractivity contribution in [3.05, 3.63) is 58.0 Å². The zero-order valence-corrected chi connectivity index (χ0v) is 14.6. The van der Waals surface area contributed by atoms with Crippen molar-refractivity contribution in [2.45, 2.75) is 6.18 Å². The molecule has 3 rings (SSSR count). The summed E-state index contributed by atoms with van der Waals surface area (Å²) in [5, 5.41) is 13.3. The van der Waals surface area contributed by atoms with E-state index in [0.717, 1.165) is 24.5 Å². The quantitative estimate of drug-likeness (QED) is 0.601. The van der Waals surface area contributed by atoms with E-state index in [9.17, 15) is 27.6 Å². The summed E-state index contributed by atoms with van der Waals surface area (Å²) in [4.78, 5) is 39.0. The van der Waals surface area contributed by atoms with Gasteiger partial charge < -0.3 is 10.4 Å². The van der Waals surface area contributed by atoms with E-state index in [0.29, 0.717) is 0 Å². The number of aromatic amines is 1. The summed E-state index contributed by atoms with van der Waals surface area (Å²) in [6.07, 6.45) is -3.41. The van der Waals surface area contributed by atoms with Crippen LogP contribution in [0.3, 0.4) is 0 Å². The number of benzene rings is 1. The molecule has 2 aromatic heterocycles. The lowest BCUT2D eigenvalue weighted by Crippen LogP contribution is -2.33. The molecule has 3 N–H and O–H groups in total. The molecule has 0 saturated carbocycles. The van der Waals surface area contributed by atoms with Crippen molar-refractivity contribution >= 4 is 29.9 Å². The number of hydrogen-bond donors (Lipinski definition) is 3. The zero-order chi connectivity index (χ0) is 19.8. The molecule has 0 atom stereocenters. The minimum absolute atomic E-state index is 0. The summed E-state index contributed by atoms with van der Waals surface area (Å²) < 4.78 is 40.0. The van der Waals surface area contributed by atoms with Crippen LogP contribution in [0.5, 0.6) is 0 Å². The summed E-state index contributed by atoms with van der Waals surface area (Å²) in [5.41, 5.74) is -2.13. The van der Waals surface area contributed by atoms with Gasteiger partial charge in [0.25, 0.3) is 5.91 Å². The lowest BCUT2D eigenvalue weighted by molar-refractivity contribution is -0.137. The van der Waals surface area contributed by atoms with Gasteiger partial charge in [-0.05, 0) is 12.1 Å². The Labute approximate surface area is 160 Å². The Balaban J connectivity index is 0.00000280. The molecule has 28 heavy (non-hydrogen) atoms. The summed E-state index contributed by atoms with van der Waals surface area (Å²) in [6, 6.07) is 5.31. The molecule has 0 radical (unpaired) electrons. The van der Waals surface area contributed by atoms with Crippen LogP contribution in [0.1, 0.15) is 15.9 Å². The fourth-order valence-corrected chi connectivity index (χ4v) is 2.52. The van der Waals surface area contributed by atoms with Crippen LogP contribution in [0, 0.1) is 0 Å². The SMILES string of the molecule is Cl.O=C(O)CNC(=O)c1c(=O)cc(-c2cccc(C(F)(F)F)c2)n2[nH]cnc12. The number of alkyl halides is 3. The van der Waals surface area contributed by atoms with Crippen molar-refractivity contribution in [1.29, 1.82) is 0 Å². The number of carbonyl (C=O) groups excluding carboxylic acids is 1. The second-order valence-electron chi connectivity index (χ2n) is 5.47. The topological polar surface area (TPSA) is 117 Å². The molecular weight excluding hydrogens is 405 g/mol. The lowest BCUT2D eigenvalue weighted by Gasteiger charge is -2.11. The number of rotatable bonds is 4. The molecule has 0 unspecified atom stereocenters. The van der Waals surface area contributed by atoms with Gasteiger partial charge in [0.05, 0.1) is 11.3 Å². The molecule has 0 spiro atoms. The average molecular weight is 417 g/mol. The van der Waals surface area contributed by atoms with Crippen LogP contribution in [0.2, 0.25) is 0 Å². The number of carboxylic acid groups (broad SMARTS) is 1. The van der Waals surface area contributed by atoms with Gasteiger partial charge in [-0.2, -0.15) is 13.2 Å². The maximum atomic E-state index is 12.9. The Kier molecular flexibility index (Phi) is 5.78. The standard InChI is InChI=1S/C16H11F3N4O4.ClH/c17-16(18,19)9-3-1-2-8(4-9)10-5-11(24)13(14-21-7-22-23(10)14)15(27)20-6-12(25)26;/h1-5,7H,6H2,(H,20,27)(H,21,22)(H,25,26);1H. The summed E-state index contributed by atoms with van der Waals surface area (Å²) in [6.45, 7) is -0.704. The van der Waals surface area contributed by atoms with Crippen molar-refractivity contribution in [1.82, 2.24) is 19.9 Å². The van der Waals surface area contributed by atoms with E-state index in [-0.39, 0.29) is 29.3 Å². The molecule has 0 saturated heterocycles. The van der Waals surface area contributed by atoms with Crippen LogP contribution in [0.15, 0.2) is 41.5 Å². The van der Waals surface area contributed by atoms with Gasteiger partial charge >= 0.3 is 12.1 Å². The number of halogens is 4. The third kappa shape index (κ3) is 3.98. The number of aliphatic carboxylic acids is 1. The fraction of sp³-hybridized carbons (Fsp3) is 0.125. The first-order valence-corrected chi connectivity index (χ1v) is 7.45. The largest absolute Gasteiger partial charge is 0.480 e. The third-order valence-electron chi connectivity index (χ3n) is 3.68. The molecule has 148 valence electrons. The van der Waals surface area contributed by atoms with E-state index in [2.05, 4.69) is 15.4 Å². The van der Waals surface area contributed by atoms with Crippen molar-refractivity contribution < 1.29 is 27.9 Å². The van der Waals surface area contributed by atoms with Crippen LogP contribution in [0.25, 0.3) is 16.9 Å². The van der Waals surface area contributed by atoms with E-state index < -0.39 is 41.2 Å². The Morgan fingerprint density at radius 1 is 1.25 bits per heavy atom. The number of amides is 1. The number of carbonyl (C=O) groups is 2. The molecule has 3 aromatic rings. The molecule has 0 aliphatic heterocycles. The van der Waals surface area contributed by atoms with E-state index in [1.807, 2.05) is 0 Å². The van der Waals surface area contributed by atoms with Gasteiger partial charge in [0.1, 0.15) is 18.4 Å². The highest BCUT2D eigenvalue weighted by molar-refractivity contribution is 6.01. The number of hydrogen-bond acceptors (Lipinski definition) is 4. The lowest BCUT2D eigenvalue weighted by atomic mass is 10.1. The first kappa shape index (κ1) is 21.0. The second-order valence-corrected chi connectivity index (χ2v) is 5.47. The highest BCUT2D eigenvalue weighted by atomic mass is 35.5. The molecule has 0 bridgehead atoms. The Morgan fingerprint density at radius 3 is 2.61 bits per heavy atom. The van der Waals surface area contributed by atoms with Crippen LogP contribution >= 0.6 is 12.4 Å². The Bertz CT molecular complexity index is 1110. The van der Waals surface area contributed by atoms with Gasteiger partial charge in [0.15, 0.2) is 11.1 Å². The minimum Gasteiger partial charge on any atom is -0.480 e. The molecule has 0 aliphatic carbocycles. The molecule has 12 heteroatoms. The Hall–Kier alpha value is -3.34. The maximum Gasteiger partial charge on any atom is 0.416 e. The van der Waals surface area contributed by atoms with Gasteiger partial charge in [-0.25, -0.2) is 9.50 Å². The first-order chi connectivity index (χ1) is 12.7. The molecule has 0 aliphatic rings. The zero-order valence-electron chi connectivity index (χ0n) is 13.8. The monoisotopic (exact) mass is 416 g/mol. The highest BCUT2D eigenvalue weighted by Crippen LogP contribution is 2.32.